The summed E-state index contributed by atoms with van der Waals surface area (Å²) in [7, 11) is 0. The van der Waals surface area contributed by atoms with E-state index in [1.54, 1.807) is 0 Å². The largest absolute Gasteiger partial charge is 0.260 e. The van der Waals surface area contributed by atoms with E-state index in [1.807, 2.05) is 12.3 Å². The van der Waals surface area contributed by atoms with Gasteiger partial charge < -0.3 is 0 Å². The van der Waals surface area contributed by atoms with Crippen LogP contribution in [0.5, 0.6) is 0 Å². The fourth-order valence-corrected chi connectivity index (χ4v) is 1.06. The van der Waals surface area contributed by atoms with Crippen LogP contribution in [0.25, 0.3) is 0 Å². The number of rotatable bonds is 2. The van der Waals surface area contributed by atoms with E-state index < -0.39 is 0 Å². The van der Waals surface area contributed by atoms with E-state index in [4.69, 9.17) is 0 Å². The molecule has 1 rings (SSSR count). The highest BCUT2D eigenvalue weighted by molar-refractivity contribution is 7.79. The molecule has 1 aromatic rings. The fraction of sp³-hybridized carbons (Fsp3) is 0.444. The first-order chi connectivity index (χ1) is 5.24. The van der Waals surface area contributed by atoms with Gasteiger partial charge in [-0.2, -0.15) is 12.6 Å². The minimum atomic E-state index is 0.566. The lowest BCUT2D eigenvalue weighted by atomic mass is 10.1. The standard InChI is InChI=1S/C9H13NS/c1-7(2)8-3-4-9(6-11)10-5-8/h3-5,7,11H,6H2,1-2H3. The molecule has 0 amide bonds. The van der Waals surface area contributed by atoms with E-state index in [2.05, 4.69) is 37.5 Å². The Hall–Kier alpha value is -0.500. The third-order valence-electron chi connectivity index (χ3n) is 1.68. The van der Waals surface area contributed by atoms with Gasteiger partial charge in [0, 0.05) is 17.6 Å². The zero-order valence-electron chi connectivity index (χ0n) is 6.91. The molecule has 2 heteroatoms. The Bertz CT molecular complexity index is 216. The molecule has 60 valence electrons. The van der Waals surface area contributed by atoms with Gasteiger partial charge in [-0.25, -0.2) is 0 Å². The SMILES string of the molecule is CC(C)c1ccc(CS)nc1. The molecule has 0 aliphatic heterocycles. The van der Waals surface area contributed by atoms with Gasteiger partial charge in [-0.3, -0.25) is 4.98 Å². The Labute approximate surface area is 73.3 Å². The van der Waals surface area contributed by atoms with Crippen LogP contribution in [0, 0.1) is 0 Å². The summed E-state index contributed by atoms with van der Waals surface area (Å²) in [4.78, 5) is 4.24. The lowest BCUT2D eigenvalue weighted by Crippen LogP contribution is -1.90. The number of nitrogens with zero attached hydrogens (tertiary/aromatic N) is 1. The maximum Gasteiger partial charge on any atom is 0.0500 e. The lowest BCUT2D eigenvalue weighted by molar-refractivity contribution is 0.855. The Morgan fingerprint density at radius 3 is 2.55 bits per heavy atom. The molecule has 11 heavy (non-hydrogen) atoms. The van der Waals surface area contributed by atoms with Crippen LogP contribution in [0.2, 0.25) is 0 Å². The minimum absolute atomic E-state index is 0.566. The molecule has 1 nitrogen and oxygen atoms in total. The summed E-state index contributed by atoms with van der Waals surface area (Å²) >= 11 is 4.13. The molecule has 0 aromatic carbocycles. The van der Waals surface area contributed by atoms with Crippen LogP contribution >= 0.6 is 12.6 Å². The molecule has 0 saturated carbocycles. The normalized spacial score (nSPS) is 10.5. The summed E-state index contributed by atoms with van der Waals surface area (Å²) in [6.07, 6.45) is 1.93. The summed E-state index contributed by atoms with van der Waals surface area (Å²) in [5.41, 5.74) is 2.33. The molecule has 0 fully saturated rings. The van der Waals surface area contributed by atoms with Crippen molar-refractivity contribution in [3.8, 4) is 0 Å². The highest BCUT2D eigenvalue weighted by Gasteiger charge is 1.97. The molecule has 1 aromatic heterocycles. The highest BCUT2D eigenvalue weighted by Crippen LogP contribution is 2.12. The van der Waals surface area contributed by atoms with Crippen LogP contribution in [-0.2, 0) is 5.75 Å². The molecule has 1 heterocycles. The van der Waals surface area contributed by atoms with Crippen LogP contribution in [0.3, 0.4) is 0 Å². The van der Waals surface area contributed by atoms with Crippen molar-refractivity contribution in [2.24, 2.45) is 0 Å². The van der Waals surface area contributed by atoms with Crippen LogP contribution in [0.15, 0.2) is 18.3 Å². The quantitative estimate of drug-likeness (QED) is 0.668. The van der Waals surface area contributed by atoms with E-state index in [0.29, 0.717) is 5.92 Å². The molecule has 0 bridgehead atoms. The van der Waals surface area contributed by atoms with E-state index in [0.717, 1.165) is 11.4 Å². The summed E-state index contributed by atoms with van der Waals surface area (Å²) in [6.45, 7) is 4.33. The van der Waals surface area contributed by atoms with Crippen molar-refractivity contribution in [1.29, 1.82) is 0 Å². The molecule has 0 aliphatic carbocycles. The van der Waals surface area contributed by atoms with Gasteiger partial charge in [0.1, 0.15) is 0 Å². The third-order valence-corrected chi connectivity index (χ3v) is 2.00. The second kappa shape index (κ2) is 3.77. The van der Waals surface area contributed by atoms with E-state index in [9.17, 15) is 0 Å². The number of pyridine rings is 1. The van der Waals surface area contributed by atoms with Crippen LogP contribution < -0.4 is 0 Å². The van der Waals surface area contributed by atoms with Gasteiger partial charge in [0.15, 0.2) is 0 Å². The summed E-state index contributed by atoms with van der Waals surface area (Å²) < 4.78 is 0. The first-order valence-electron chi connectivity index (χ1n) is 3.79. The second-order valence-corrected chi connectivity index (χ2v) is 3.21. The minimum Gasteiger partial charge on any atom is -0.260 e. The van der Waals surface area contributed by atoms with Gasteiger partial charge in [-0.15, -0.1) is 0 Å². The third kappa shape index (κ3) is 2.22. The fourth-order valence-electron chi connectivity index (χ4n) is 0.871. The summed E-state index contributed by atoms with van der Waals surface area (Å²) in [5, 5.41) is 0. The lowest BCUT2D eigenvalue weighted by Gasteiger charge is -2.03. The van der Waals surface area contributed by atoms with Crippen LogP contribution in [-0.4, -0.2) is 4.98 Å². The van der Waals surface area contributed by atoms with Gasteiger partial charge >= 0.3 is 0 Å². The van der Waals surface area contributed by atoms with Crippen molar-refractivity contribution < 1.29 is 0 Å². The number of hydrogen-bond donors (Lipinski definition) is 1. The zero-order chi connectivity index (χ0) is 8.27. The molecule has 0 N–H and O–H groups in total. The number of thiol groups is 1. The Morgan fingerprint density at radius 2 is 2.18 bits per heavy atom. The van der Waals surface area contributed by atoms with Crippen LogP contribution in [0.4, 0.5) is 0 Å². The smallest absolute Gasteiger partial charge is 0.0500 e. The molecule has 0 radical (unpaired) electrons. The van der Waals surface area contributed by atoms with Crippen molar-refractivity contribution in [3.63, 3.8) is 0 Å². The van der Waals surface area contributed by atoms with Crippen molar-refractivity contribution in [3.05, 3.63) is 29.6 Å². The highest BCUT2D eigenvalue weighted by atomic mass is 32.1. The predicted octanol–water partition coefficient (Wildman–Crippen LogP) is 2.63. The predicted molar refractivity (Wildman–Crippen MR) is 51.0 cm³/mol. The van der Waals surface area contributed by atoms with Crippen molar-refractivity contribution >= 4 is 12.6 Å². The topological polar surface area (TPSA) is 12.9 Å². The Morgan fingerprint density at radius 1 is 1.45 bits per heavy atom. The van der Waals surface area contributed by atoms with Crippen molar-refractivity contribution in [1.82, 2.24) is 4.98 Å². The van der Waals surface area contributed by atoms with Crippen LogP contribution in [0.1, 0.15) is 31.0 Å². The second-order valence-electron chi connectivity index (χ2n) is 2.90. The first-order valence-corrected chi connectivity index (χ1v) is 4.43. The molecule has 0 aliphatic rings. The van der Waals surface area contributed by atoms with E-state index >= 15 is 0 Å². The van der Waals surface area contributed by atoms with Crippen molar-refractivity contribution in [2.75, 3.05) is 0 Å². The van der Waals surface area contributed by atoms with Gasteiger partial charge in [0.2, 0.25) is 0 Å². The van der Waals surface area contributed by atoms with E-state index in [1.165, 1.54) is 5.56 Å². The molecular formula is C9H13NS. The number of aromatic nitrogens is 1. The molecule has 0 atom stereocenters. The van der Waals surface area contributed by atoms with Gasteiger partial charge in [0.25, 0.3) is 0 Å². The van der Waals surface area contributed by atoms with Gasteiger partial charge in [-0.1, -0.05) is 19.9 Å². The summed E-state index contributed by atoms with van der Waals surface area (Å²) in [5.74, 6) is 1.29. The first kappa shape index (κ1) is 8.60. The molecular weight excluding hydrogens is 154 g/mol. The Balaban J connectivity index is 2.83. The van der Waals surface area contributed by atoms with Gasteiger partial charge in [-0.05, 0) is 17.5 Å². The maximum atomic E-state index is 4.24. The van der Waals surface area contributed by atoms with E-state index in [-0.39, 0.29) is 0 Å². The summed E-state index contributed by atoms with van der Waals surface area (Å²) in [6, 6.07) is 4.14. The maximum absolute atomic E-state index is 4.24. The average molecular weight is 167 g/mol. The molecule has 0 saturated heterocycles. The van der Waals surface area contributed by atoms with Gasteiger partial charge in [0.05, 0.1) is 0 Å². The average Bonchev–Trinajstić information content (AvgIpc) is 2.05. The Kier molecular flexibility index (Phi) is 2.94. The monoisotopic (exact) mass is 167 g/mol. The van der Waals surface area contributed by atoms with Crippen molar-refractivity contribution in [2.45, 2.75) is 25.5 Å². The zero-order valence-corrected chi connectivity index (χ0v) is 7.81. The number of hydrogen-bond acceptors (Lipinski definition) is 2. The molecule has 0 unspecified atom stereocenters. The molecule has 0 spiro atoms.